The highest BCUT2D eigenvalue weighted by Gasteiger charge is 2.35. The number of carbonyl (C=O) groups is 2. The first kappa shape index (κ1) is 20.1. The fourth-order valence-corrected chi connectivity index (χ4v) is 2.76. The summed E-state index contributed by atoms with van der Waals surface area (Å²) in [7, 11) is 3.13. The third-order valence-corrected chi connectivity index (χ3v) is 4.05. The Balaban J connectivity index is 2.72. The lowest BCUT2D eigenvalue weighted by atomic mass is 9.89. The predicted molar refractivity (Wildman–Crippen MR) is 93.6 cm³/mol. The van der Waals surface area contributed by atoms with Crippen molar-refractivity contribution in [2.45, 2.75) is 18.9 Å². The number of alkyl halides is 1. The molecule has 8 heteroatoms. The molecule has 1 atom stereocenters. The predicted octanol–water partition coefficient (Wildman–Crippen LogP) is 4.39. The molecule has 0 bridgehead atoms. The van der Waals surface area contributed by atoms with Gasteiger partial charge in [0.15, 0.2) is 5.78 Å². The molecule has 0 aliphatic rings. The van der Waals surface area contributed by atoms with Gasteiger partial charge in [0.05, 0.1) is 10.4 Å². The monoisotopic (exact) mass is 425 g/mol. The molecule has 23 heavy (non-hydrogen) atoms. The number of ether oxygens (including phenoxy) is 2. The number of ketones is 1. The molecule has 5 nitrogen and oxygen atoms in total. The maximum Gasteiger partial charge on any atom is 0.409 e. The first-order valence-electron chi connectivity index (χ1n) is 6.69. The van der Waals surface area contributed by atoms with Crippen LogP contribution < -0.4 is 4.74 Å². The van der Waals surface area contributed by atoms with E-state index in [1.807, 2.05) is 0 Å². The van der Waals surface area contributed by atoms with E-state index in [0.717, 1.165) is 0 Å². The van der Waals surface area contributed by atoms with Crippen molar-refractivity contribution in [3.63, 3.8) is 0 Å². The summed E-state index contributed by atoms with van der Waals surface area (Å²) in [5.41, 5.74) is -0.932. The molecule has 0 saturated heterocycles. The summed E-state index contributed by atoms with van der Waals surface area (Å²) in [5, 5.41) is -0.170. The molecule has 128 valence electrons. The van der Waals surface area contributed by atoms with Crippen molar-refractivity contribution in [3.8, 4) is 5.75 Å². The number of halogens is 3. The smallest absolute Gasteiger partial charge is 0.409 e. The highest BCUT2D eigenvalue weighted by molar-refractivity contribution is 9.09. The van der Waals surface area contributed by atoms with Crippen LogP contribution in [0.1, 0.15) is 13.8 Å². The molecule has 0 fully saturated rings. The average molecular weight is 427 g/mol. The zero-order valence-corrected chi connectivity index (χ0v) is 16.3. The van der Waals surface area contributed by atoms with E-state index in [1.165, 1.54) is 11.0 Å². The SMILES string of the molecule is CN(C)C(=O)OCC(C)(C)C(=O)C(Br)Oc1ccc(Cl)cc1Cl. The summed E-state index contributed by atoms with van der Waals surface area (Å²) in [6.45, 7) is 3.27. The van der Waals surface area contributed by atoms with Gasteiger partial charge in [-0.3, -0.25) is 4.79 Å². The van der Waals surface area contributed by atoms with E-state index < -0.39 is 16.5 Å². The standard InChI is InChI=1S/C15H18BrCl2NO4/c1-15(2,8-22-14(21)19(3)4)12(20)13(16)23-11-6-5-9(17)7-10(11)18/h5-7,13H,8H2,1-4H3. The lowest BCUT2D eigenvalue weighted by Gasteiger charge is -2.26. The highest BCUT2D eigenvalue weighted by Crippen LogP contribution is 2.31. The fraction of sp³-hybridized carbons (Fsp3) is 0.467. The van der Waals surface area contributed by atoms with Gasteiger partial charge in [-0.15, -0.1) is 0 Å². The molecule has 0 radical (unpaired) electrons. The van der Waals surface area contributed by atoms with E-state index in [4.69, 9.17) is 32.7 Å². The van der Waals surface area contributed by atoms with E-state index in [-0.39, 0.29) is 12.4 Å². The third kappa shape index (κ3) is 5.86. The number of Topliss-reactive ketones (excluding diaryl/α,β-unsaturated/α-hetero) is 1. The Hall–Kier alpha value is -0.980. The van der Waals surface area contributed by atoms with Crippen molar-refractivity contribution in [2.75, 3.05) is 20.7 Å². The van der Waals surface area contributed by atoms with Gasteiger partial charge in [0.25, 0.3) is 0 Å². The summed E-state index contributed by atoms with van der Waals surface area (Å²) in [6.07, 6.45) is -0.515. The maximum atomic E-state index is 12.5. The van der Waals surface area contributed by atoms with Crippen molar-refractivity contribution < 1.29 is 19.1 Å². The van der Waals surface area contributed by atoms with Crippen LogP contribution in [0.5, 0.6) is 5.75 Å². The Kier molecular flexibility index (Phi) is 7.17. The first-order chi connectivity index (χ1) is 10.5. The van der Waals surface area contributed by atoms with Crippen LogP contribution in [0, 0.1) is 5.41 Å². The molecular formula is C15H18BrCl2NO4. The summed E-state index contributed by atoms with van der Waals surface area (Å²) in [5.74, 6) is 0.0439. The largest absolute Gasteiger partial charge is 0.470 e. The molecule has 1 unspecified atom stereocenters. The minimum Gasteiger partial charge on any atom is -0.470 e. The third-order valence-electron chi connectivity index (χ3n) is 2.92. The number of amides is 1. The molecule has 1 amide bonds. The molecule has 1 aromatic carbocycles. The first-order valence-corrected chi connectivity index (χ1v) is 8.36. The lowest BCUT2D eigenvalue weighted by Crippen LogP contribution is -2.39. The van der Waals surface area contributed by atoms with Crippen molar-refractivity contribution in [1.29, 1.82) is 0 Å². The lowest BCUT2D eigenvalue weighted by molar-refractivity contribution is -0.132. The Morgan fingerprint density at radius 3 is 2.43 bits per heavy atom. The van der Waals surface area contributed by atoms with Gasteiger partial charge in [-0.2, -0.15) is 0 Å². The van der Waals surface area contributed by atoms with Gasteiger partial charge in [-0.25, -0.2) is 4.79 Å². The van der Waals surface area contributed by atoms with Gasteiger partial charge in [0.1, 0.15) is 12.4 Å². The van der Waals surface area contributed by atoms with Gasteiger partial charge >= 0.3 is 6.09 Å². The van der Waals surface area contributed by atoms with Crippen LogP contribution in [-0.2, 0) is 9.53 Å². The second-order valence-corrected chi connectivity index (χ2v) is 7.38. The van der Waals surface area contributed by atoms with E-state index in [2.05, 4.69) is 15.9 Å². The normalized spacial score (nSPS) is 12.5. The Bertz CT molecular complexity index is 593. The quantitative estimate of drug-likeness (QED) is 0.633. The molecule has 0 spiro atoms. The number of benzene rings is 1. The van der Waals surface area contributed by atoms with Crippen molar-refractivity contribution >= 4 is 51.0 Å². The van der Waals surface area contributed by atoms with E-state index in [1.54, 1.807) is 40.1 Å². The minimum absolute atomic E-state index is 0.0668. The van der Waals surface area contributed by atoms with Gasteiger partial charge in [0, 0.05) is 19.1 Å². The van der Waals surface area contributed by atoms with E-state index >= 15 is 0 Å². The van der Waals surface area contributed by atoms with Crippen LogP contribution in [0.25, 0.3) is 0 Å². The second-order valence-electron chi connectivity index (χ2n) is 5.71. The zero-order chi connectivity index (χ0) is 17.8. The van der Waals surface area contributed by atoms with Crippen LogP contribution >= 0.6 is 39.1 Å². The molecule has 0 saturated carbocycles. The second kappa shape index (κ2) is 8.22. The summed E-state index contributed by atoms with van der Waals surface area (Å²) < 4.78 is 10.6. The molecule has 1 aromatic rings. The highest BCUT2D eigenvalue weighted by atomic mass is 79.9. The summed E-state index contributed by atoms with van der Waals surface area (Å²) in [4.78, 5) is 25.2. The molecular weight excluding hydrogens is 409 g/mol. The molecule has 1 rings (SSSR count). The number of hydrogen-bond donors (Lipinski definition) is 0. The number of hydrogen-bond acceptors (Lipinski definition) is 4. The zero-order valence-electron chi connectivity index (χ0n) is 13.2. The van der Waals surface area contributed by atoms with E-state index in [9.17, 15) is 9.59 Å². The minimum atomic E-state index is -0.936. The van der Waals surface area contributed by atoms with Gasteiger partial charge in [-0.05, 0) is 48.0 Å². The number of nitrogens with zero attached hydrogens (tertiary/aromatic N) is 1. The molecule has 0 aromatic heterocycles. The van der Waals surface area contributed by atoms with Crippen LogP contribution in [0.15, 0.2) is 18.2 Å². The Morgan fingerprint density at radius 2 is 1.91 bits per heavy atom. The maximum absolute atomic E-state index is 12.5. The molecule has 0 aliphatic carbocycles. The fourth-order valence-electron chi connectivity index (χ4n) is 1.49. The summed E-state index contributed by atoms with van der Waals surface area (Å²) >= 11 is 15.0. The van der Waals surface area contributed by atoms with Crippen molar-refractivity contribution in [3.05, 3.63) is 28.2 Å². The van der Waals surface area contributed by atoms with Gasteiger partial charge < -0.3 is 14.4 Å². The molecule has 0 aliphatic heterocycles. The van der Waals surface area contributed by atoms with Gasteiger partial charge in [0.2, 0.25) is 5.01 Å². The van der Waals surface area contributed by atoms with E-state index in [0.29, 0.717) is 15.8 Å². The van der Waals surface area contributed by atoms with Crippen molar-refractivity contribution in [1.82, 2.24) is 4.90 Å². The van der Waals surface area contributed by atoms with Crippen LogP contribution in [0.3, 0.4) is 0 Å². The number of rotatable bonds is 6. The Morgan fingerprint density at radius 1 is 1.30 bits per heavy atom. The van der Waals surface area contributed by atoms with Gasteiger partial charge in [-0.1, -0.05) is 23.2 Å². The average Bonchev–Trinajstić information content (AvgIpc) is 2.46. The van der Waals surface area contributed by atoms with Crippen molar-refractivity contribution in [2.24, 2.45) is 5.41 Å². The van der Waals surface area contributed by atoms with Crippen LogP contribution in [-0.4, -0.2) is 42.5 Å². The van der Waals surface area contributed by atoms with Crippen LogP contribution in [0.4, 0.5) is 4.79 Å². The summed E-state index contributed by atoms with van der Waals surface area (Å²) in [6, 6.07) is 4.70. The molecule has 0 N–H and O–H groups in total. The number of carbonyl (C=O) groups excluding carboxylic acids is 2. The Labute approximate surface area is 153 Å². The topological polar surface area (TPSA) is 55.8 Å². The van der Waals surface area contributed by atoms with Crippen LogP contribution in [0.2, 0.25) is 10.0 Å². The molecule has 0 heterocycles.